The van der Waals surface area contributed by atoms with E-state index in [4.69, 9.17) is 15.0 Å². The van der Waals surface area contributed by atoms with Crippen LogP contribution in [0.2, 0.25) is 0 Å². The van der Waals surface area contributed by atoms with Crippen molar-refractivity contribution in [2.45, 2.75) is 9.79 Å². The minimum Gasteiger partial charge on any atom is -0.308 e. The number of fused-ring (bicyclic) bond motifs is 4. The van der Waals surface area contributed by atoms with Crippen molar-refractivity contribution in [1.29, 1.82) is 0 Å². The van der Waals surface area contributed by atoms with E-state index in [2.05, 4.69) is 29.2 Å². The number of sulfone groups is 1. The van der Waals surface area contributed by atoms with Crippen molar-refractivity contribution in [3.05, 3.63) is 164 Å². The summed E-state index contributed by atoms with van der Waals surface area (Å²) >= 11 is 0. The zero-order valence-electron chi connectivity index (χ0n) is 27.0. The van der Waals surface area contributed by atoms with Crippen molar-refractivity contribution in [1.82, 2.24) is 15.0 Å². The highest BCUT2D eigenvalue weighted by molar-refractivity contribution is 7.92. The molecule has 51 heavy (non-hydrogen) atoms. The minimum absolute atomic E-state index is 0.241. The first kappa shape index (κ1) is 29.3. The molecule has 7 nitrogen and oxygen atoms in total. The summed E-state index contributed by atoms with van der Waals surface area (Å²) in [4.78, 5) is 19.8. The maximum Gasteiger partial charge on any atom is 0.238 e. The predicted molar refractivity (Wildman–Crippen MR) is 202 cm³/mol. The van der Waals surface area contributed by atoms with E-state index in [1.54, 1.807) is 12.1 Å². The molecule has 0 saturated carbocycles. The first-order chi connectivity index (χ1) is 25.1. The Morgan fingerprint density at radius 3 is 1.71 bits per heavy atom. The summed E-state index contributed by atoms with van der Waals surface area (Å²) in [5, 5.41) is 2.02. The number of hydrogen-bond donors (Lipinski definition) is 0. The van der Waals surface area contributed by atoms with Crippen molar-refractivity contribution in [3.63, 3.8) is 0 Å². The van der Waals surface area contributed by atoms with E-state index < -0.39 is 9.84 Å². The fourth-order valence-electron chi connectivity index (χ4n) is 7.30. The van der Waals surface area contributed by atoms with Crippen LogP contribution in [0.1, 0.15) is 0 Å². The summed E-state index contributed by atoms with van der Waals surface area (Å²) in [6.07, 6.45) is 0. The SMILES string of the molecule is O=S1(=O)c2ccccc2N(c2ccccc2)c2cc3c(cc21)-c1cccc2cccc(c12)N3c1nc(-c2ccccc2)nc(-c2ccccc2)n1. The van der Waals surface area contributed by atoms with Gasteiger partial charge in [0.25, 0.3) is 0 Å². The van der Waals surface area contributed by atoms with E-state index >= 15 is 0 Å². The van der Waals surface area contributed by atoms with Gasteiger partial charge >= 0.3 is 0 Å². The lowest BCUT2D eigenvalue weighted by atomic mass is 9.91. The van der Waals surface area contributed by atoms with Gasteiger partial charge < -0.3 is 4.90 Å². The Balaban J connectivity index is 1.31. The van der Waals surface area contributed by atoms with Gasteiger partial charge in [0.1, 0.15) is 0 Å². The van der Waals surface area contributed by atoms with Crippen LogP contribution in [0.15, 0.2) is 174 Å². The molecule has 1 aromatic heterocycles. The Morgan fingerprint density at radius 2 is 1.02 bits per heavy atom. The first-order valence-corrected chi connectivity index (χ1v) is 18.1. The molecule has 8 aromatic rings. The van der Waals surface area contributed by atoms with Gasteiger partial charge in [-0.05, 0) is 53.4 Å². The van der Waals surface area contributed by atoms with E-state index in [-0.39, 0.29) is 9.79 Å². The van der Waals surface area contributed by atoms with E-state index in [0.29, 0.717) is 29.0 Å². The number of para-hydroxylation sites is 2. The second kappa shape index (κ2) is 11.2. The third-order valence-corrected chi connectivity index (χ3v) is 11.4. The maximum atomic E-state index is 14.5. The maximum absolute atomic E-state index is 14.5. The molecule has 8 heteroatoms. The molecule has 7 aromatic carbocycles. The van der Waals surface area contributed by atoms with E-state index in [0.717, 1.165) is 50.1 Å². The monoisotopic (exact) mass is 677 g/mol. The molecule has 242 valence electrons. The van der Waals surface area contributed by atoms with E-state index in [1.165, 1.54) is 0 Å². The van der Waals surface area contributed by atoms with Crippen molar-refractivity contribution in [3.8, 4) is 33.9 Å². The van der Waals surface area contributed by atoms with E-state index in [1.807, 2.05) is 132 Å². The van der Waals surface area contributed by atoms with Gasteiger partial charge in [0, 0.05) is 27.8 Å². The summed E-state index contributed by atoms with van der Waals surface area (Å²) in [5.74, 6) is 1.50. The van der Waals surface area contributed by atoms with Crippen LogP contribution in [-0.2, 0) is 9.84 Å². The average molecular weight is 678 g/mol. The van der Waals surface area contributed by atoms with Crippen LogP contribution in [0.5, 0.6) is 0 Å². The minimum atomic E-state index is -3.89. The summed E-state index contributed by atoms with van der Waals surface area (Å²) < 4.78 is 29.1. The van der Waals surface area contributed by atoms with Gasteiger partial charge in [0.05, 0.1) is 32.5 Å². The van der Waals surface area contributed by atoms with E-state index in [9.17, 15) is 8.42 Å². The number of benzene rings is 7. The highest BCUT2D eigenvalue weighted by atomic mass is 32.2. The number of nitrogens with zero attached hydrogens (tertiary/aromatic N) is 5. The molecule has 0 unspecified atom stereocenters. The normalized spacial score (nSPS) is 13.7. The Kier molecular flexibility index (Phi) is 6.43. The lowest BCUT2D eigenvalue weighted by Crippen LogP contribution is -2.24. The zero-order chi connectivity index (χ0) is 34.1. The van der Waals surface area contributed by atoms with Crippen LogP contribution in [0, 0.1) is 0 Å². The van der Waals surface area contributed by atoms with Gasteiger partial charge in [-0.25, -0.2) is 13.4 Å². The molecule has 2 aliphatic rings. The molecule has 0 N–H and O–H groups in total. The highest BCUT2D eigenvalue weighted by Gasteiger charge is 2.38. The summed E-state index contributed by atoms with van der Waals surface area (Å²) in [6, 6.07) is 53.0. The third kappa shape index (κ3) is 4.50. The van der Waals surface area contributed by atoms with Gasteiger partial charge in [-0.15, -0.1) is 0 Å². The smallest absolute Gasteiger partial charge is 0.238 e. The molecule has 0 amide bonds. The summed E-state index contributed by atoms with van der Waals surface area (Å²) in [7, 11) is -3.89. The molecular formula is C43H27N5O2S. The Bertz CT molecular complexity index is 2710. The molecule has 0 fully saturated rings. The van der Waals surface area contributed by atoms with Gasteiger partial charge in [-0.3, -0.25) is 4.90 Å². The highest BCUT2D eigenvalue weighted by Crippen LogP contribution is 2.56. The molecule has 0 radical (unpaired) electrons. The van der Waals surface area contributed by atoms with Crippen molar-refractivity contribution in [2.75, 3.05) is 9.80 Å². The molecule has 0 aliphatic carbocycles. The molecule has 0 saturated heterocycles. The molecule has 10 rings (SSSR count). The van der Waals surface area contributed by atoms with Crippen molar-refractivity contribution >= 4 is 55.0 Å². The Labute approximate surface area is 294 Å². The lowest BCUT2D eigenvalue weighted by Gasteiger charge is -2.37. The van der Waals surface area contributed by atoms with Crippen LogP contribution in [0.4, 0.5) is 34.4 Å². The molecule has 2 aliphatic heterocycles. The second-order valence-corrected chi connectivity index (χ2v) is 14.4. The van der Waals surface area contributed by atoms with Crippen LogP contribution in [-0.4, -0.2) is 23.4 Å². The molecular weight excluding hydrogens is 651 g/mol. The standard InChI is InChI=1S/C43H27N5O2S/c49-51(50)38-25-11-10-23-34(38)47(31-20-8-3-9-21-31)37-27-36-33(26-39(37)51)32-22-12-18-28-19-13-24-35(40(28)32)48(36)43-45-41(29-14-4-1-5-15-29)44-42(46-43)30-16-6-2-7-17-30/h1-27H. The molecule has 0 atom stereocenters. The van der Waals surface area contributed by atoms with Gasteiger partial charge in [0.15, 0.2) is 11.6 Å². The summed E-state index contributed by atoms with van der Waals surface area (Å²) in [5.41, 5.74) is 7.09. The van der Waals surface area contributed by atoms with Gasteiger partial charge in [0.2, 0.25) is 15.8 Å². The van der Waals surface area contributed by atoms with Gasteiger partial charge in [-0.2, -0.15) is 9.97 Å². The second-order valence-electron chi connectivity index (χ2n) is 12.5. The van der Waals surface area contributed by atoms with Crippen molar-refractivity contribution in [2.24, 2.45) is 0 Å². The molecule has 3 heterocycles. The number of rotatable bonds is 4. The number of aromatic nitrogens is 3. The van der Waals surface area contributed by atoms with Crippen LogP contribution >= 0.6 is 0 Å². The average Bonchev–Trinajstić information content (AvgIpc) is 3.19. The first-order valence-electron chi connectivity index (χ1n) is 16.6. The molecule has 0 bridgehead atoms. The lowest BCUT2D eigenvalue weighted by molar-refractivity contribution is 0.595. The van der Waals surface area contributed by atoms with Crippen LogP contribution in [0.25, 0.3) is 44.7 Å². The van der Waals surface area contributed by atoms with Crippen molar-refractivity contribution < 1.29 is 8.42 Å². The number of hydrogen-bond acceptors (Lipinski definition) is 7. The Hall–Kier alpha value is -6.64. The number of anilines is 6. The summed E-state index contributed by atoms with van der Waals surface area (Å²) in [6.45, 7) is 0. The third-order valence-electron chi connectivity index (χ3n) is 9.56. The van der Waals surface area contributed by atoms with Crippen LogP contribution < -0.4 is 9.80 Å². The fourth-order valence-corrected chi connectivity index (χ4v) is 8.92. The Morgan fingerprint density at radius 1 is 0.431 bits per heavy atom. The fraction of sp³-hybridized carbons (Fsp3) is 0. The van der Waals surface area contributed by atoms with Gasteiger partial charge in [-0.1, -0.05) is 121 Å². The predicted octanol–water partition coefficient (Wildman–Crippen LogP) is 10.4. The van der Waals surface area contributed by atoms with Crippen LogP contribution in [0.3, 0.4) is 0 Å². The zero-order valence-corrected chi connectivity index (χ0v) is 27.9. The molecule has 0 spiro atoms. The quantitative estimate of drug-likeness (QED) is 0.183. The topological polar surface area (TPSA) is 79.3 Å². The largest absolute Gasteiger partial charge is 0.308 e.